The van der Waals surface area contributed by atoms with Gasteiger partial charge in [-0.2, -0.15) is 0 Å². The zero-order chi connectivity index (χ0) is 9.54. The molecule has 0 saturated carbocycles. The Labute approximate surface area is 82.2 Å². The predicted octanol–water partition coefficient (Wildman–Crippen LogP) is 3.18. The minimum absolute atomic E-state index is 0.884. The standard InChI is InChI=1S/C12H11NO/c1-8-4-5-10-9(7-8)12-11(14-10)3-2-6-13-12/h2-5,7,13H,6H2,1H3. The molecule has 2 nitrogen and oxygen atoms in total. The van der Waals surface area contributed by atoms with Gasteiger partial charge >= 0.3 is 0 Å². The van der Waals surface area contributed by atoms with Crippen molar-refractivity contribution in [3.05, 3.63) is 35.6 Å². The van der Waals surface area contributed by atoms with E-state index < -0.39 is 0 Å². The van der Waals surface area contributed by atoms with E-state index in [0.29, 0.717) is 0 Å². The van der Waals surface area contributed by atoms with Gasteiger partial charge in [0.25, 0.3) is 0 Å². The quantitative estimate of drug-likeness (QED) is 0.681. The van der Waals surface area contributed by atoms with Gasteiger partial charge in [-0.1, -0.05) is 17.7 Å². The van der Waals surface area contributed by atoms with Crippen LogP contribution in [0.15, 0.2) is 28.7 Å². The highest BCUT2D eigenvalue weighted by molar-refractivity contribution is 5.96. The molecule has 1 aliphatic heterocycles. The fourth-order valence-electron chi connectivity index (χ4n) is 1.86. The zero-order valence-electron chi connectivity index (χ0n) is 8.00. The molecule has 70 valence electrons. The van der Waals surface area contributed by atoms with Gasteiger partial charge in [-0.05, 0) is 25.1 Å². The van der Waals surface area contributed by atoms with E-state index >= 15 is 0 Å². The number of nitrogens with one attached hydrogen (secondary N) is 1. The van der Waals surface area contributed by atoms with Gasteiger partial charge in [0.2, 0.25) is 0 Å². The average Bonchev–Trinajstić information content (AvgIpc) is 2.56. The van der Waals surface area contributed by atoms with Crippen LogP contribution in [0, 0.1) is 6.92 Å². The molecule has 0 bridgehead atoms. The lowest BCUT2D eigenvalue weighted by atomic mass is 10.1. The highest BCUT2D eigenvalue weighted by Gasteiger charge is 2.13. The number of hydrogen-bond acceptors (Lipinski definition) is 2. The molecule has 3 rings (SSSR count). The molecular formula is C12H11NO. The van der Waals surface area contributed by atoms with Gasteiger partial charge in [0.05, 0.1) is 5.69 Å². The molecule has 2 heteroatoms. The maximum absolute atomic E-state index is 5.70. The summed E-state index contributed by atoms with van der Waals surface area (Å²) in [7, 11) is 0. The van der Waals surface area contributed by atoms with Crippen LogP contribution >= 0.6 is 0 Å². The monoisotopic (exact) mass is 185 g/mol. The molecule has 1 aromatic carbocycles. The number of furan rings is 1. The van der Waals surface area contributed by atoms with Gasteiger partial charge < -0.3 is 9.73 Å². The average molecular weight is 185 g/mol. The summed E-state index contributed by atoms with van der Waals surface area (Å²) in [6.45, 7) is 2.98. The van der Waals surface area contributed by atoms with Crippen molar-refractivity contribution < 1.29 is 4.42 Å². The summed E-state index contributed by atoms with van der Waals surface area (Å²) in [4.78, 5) is 0. The van der Waals surface area contributed by atoms with Crippen LogP contribution in [0.1, 0.15) is 11.3 Å². The maximum atomic E-state index is 5.70. The van der Waals surface area contributed by atoms with Crippen LogP contribution in [0.5, 0.6) is 0 Å². The van der Waals surface area contributed by atoms with E-state index in [9.17, 15) is 0 Å². The molecule has 14 heavy (non-hydrogen) atoms. The SMILES string of the molecule is Cc1ccc2oc3c(c2c1)NCC=C3. The first-order chi connectivity index (χ1) is 6.84. The van der Waals surface area contributed by atoms with E-state index in [1.165, 1.54) is 10.9 Å². The van der Waals surface area contributed by atoms with Gasteiger partial charge in [0.1, 0.15) is 5.58 Å². The molecule has 1 aromatic heterocycles. The van der Waals surface area contributed by atoms with Crippen molar-refractivity contribution in [3.8, 4) is 0 Å². The summed E-state index contributed by atoms with van der Waals surface area (Å²) in [5.74, 6) is 0.942. The second kappa shape index (κ2) is 2.64. The van der Waals surface area contributed by atoms with Crippen molar-refractivity contribution in [1.29, 1.82) is 0 Å². The smallest absolute Gasteiger partial charge is 0.151 e. The summed E-state index contributed by atoms with van der Waals surface area (Å²) in [6, 6.07) is 6.25. The minimum Gasteiger partial charge on any atom is -0.454 e. The van der Waals surface area contributed by atoms with Crippen molar-refractivity contribution in [2.24, 2.45) is 0 Å². The summed E-state index contributed by atoms with van der Waals surface area (Å²) in [5.41, 5.74) is 3.35. The van der Waals surface area contributed by atoms with Gasteiger partial charge in [-0.15, -0.1) is 0 Å². The third-order valence-electron chi connectivity index (χ3n) is 2.54. The molecule has 0 amide bonds. The molecule has 1 N–H and O–H groups in total. The number of anilines is 1. The second-order valence-corrected chi connectivity index (χ2v) is 3.62. The molecule has 0 atom stereocenters. The Balaban J connectivity index is 2.39. The van der Waals surface area contributed by atoms with Crippen molar-refractivity contribution in [2.75, 3.05) is 11.9 Å². The van der Waals surface area contributed by atoms with Crippen LogP contribution in [0.4, 0.5) is 5.69 Å². The molecule has 2 heterocycles. The number of benzene rings is 1. The number of fused-ring (bicyclic) bond motifs is 3. The Morgan fingerprint density at radius 2 is 2.29 bits per heavy atom. The molecular weight excluding hydrogens is 174 g/mol. The lowest BCUT2D eigenvalue weighted by molar-refractivity contribution is 0.604. The van der Waals surface area contributed by atoms with Crippen LogP contribution in [-0.2, 0) is 0 Å². The summed E-state index contributed by atoms with van der Waals surface area (Å²) < 4.78 is 5.70. The predicted molar refractivity (Wildman–Crippen MR) is 58.5 cm³/mol. The third kappa shape index (κ3) is 0.970. The first kappa shape index (κ1) is 7.68. The topological polar surface area (TPSA) is 25.2 Å². The number of aryl methyl sites for hydroxylation is 1. The summed E-state index contributed by atoms with van der Waals surface area (Å²) >= 11 is 0. The van der Waals surface area contributed by atoms with Gasteiger partial charge in [0.15, 0.2) is 5.76 Å². The normalized spacial score (nSPS) is 14.1. The van der Waals surface area contributed by atoms with Gasteiger partial charge in [0, 0.05) is 11.9 Å². The Morgan fingerprint density at radius 1 is 1.36 bits per heavy atom. The van der Waals surface area contributed by atoms with E-state index in [1.807, 2.05) is 12.1 Å². The van der Waals surface area contributed by atoms with Crippen molar-refractivity contribution in [2.45, 2.75) is 6.92 Å². The highest BCUT2D eigenvalue weighted by Crippen LogP contribution is 2.33. The second-order valence-electron chi connectivity index (χ2n) is 3.62. The molecule has 0 radical (unpaired) electrons. The largest absolute Gasteiger partial charge is 0.454 e. The van der Waals surface area contributed by atoms with E-state index in [4.69, 9.17) is 4.42 Å². The minimum atomic E-state index is 0.884. The van der Waals surface area contributed by atoms with Crippen LogP contribution in [0.3, 0.4) is 0 Å². The maximum Gasteiger partial charge on any atom is 0.151 e. The Hall–Kier alpha value is -1.70. The van der Waals surface area contributed by atoms with Gasteiger partial charge in [-0.25, -0.2) is 0 Å². The third-order valence-corrected chi connectivity index (χ3v) is 2.54. The van der Waals surface area contributed by atoms with Crippen LogP contribution in [0.2, 0.25) is 0 Å². The zero-order valence-corrected chi connectivity index (χ0v) is 8.00. The fraction of sp³-hybridized carbons (Fsp3) is 0.167. The van der Waals surface area contributed by atoms with Crippen molar-refractivity contribution in [3.63, 3.8) is 0 Å². The number of hydrogen-bond donors (Lipinski definition) is 1. The molecule has 1 aliphatic rings. The first-order valence-corrected chi connectivity index (χ1v) is 4.78. The van der Waals surface area contributed by atoms with Crippen LogP contribution in [0.25, 0.3) is 17.0 Å². The highest BCUT2D eigenvalue weighted by atomic mass is 16.3. The molecule has 0 unspecified atom stereocenters. The summed E-state index contributed by atoms with van der Waals surface area (Å²) in [5, 5.41) is 4.52. The molecule has 0 saturated heterocycles. The van der Waals surface area contributed by atoms with Gasteiger partial charge in [-0.3, -0.25) is 0 Å². The lowest BCUT2D eigenvalue weighted by Gasteiger charge is -2.06. The van der Waals surface area contributed by atoms with E-state index in [0.717, 1.165) is 23.6 Å². The Bertz CT molecular complexity index is 522. The van der Waals surface area contributed by atoms with Crippen molar-refractivity contribution in [1.82, 2.24) is 0 Å². The van der Waals surface area contributed by atoms with E-state index in [2.05, 4.69) is 30.4 Å². The van der Waals surface area contributed by atoms with Crippen LogP contribution in [-0.4, -0.2) is 6.54 Å². The van der Waals surface area contributed by atoms with E-state index in [1.54, 1.807) is 0 Å². The number of rotatable bonds is 0. The lowest BCUT2D eigenvalue weighted by Crippen LogP contribution is -2.01. The first-order valence-electron chi connectivity index (χ1n) is 4.78. The Kier molecular flexibility index (Phi) is 1.45. The molecule has 0 spiro atoms. The fourth-order valence-corrected chi connectivity index (χ4v) is 1.86. The summed E-state index contributed by atoms with van der Waals surface area (Å²) in [6.07, 6.45) is 4.10. The van der Waals surface area contributed by atoms with Crippen molar-refractivity contribution >= 4 is 22.7 Å². The van der Waals surface area contributed by atoms with E-state index in [-0.39, 0.29) is 0 Å². The molecule has 2 aromatic rings. The Morgan fingerprint density at radius 3 is 3.21 bits per heavy atom. The van der Waals surface area contributed by atoms with Crippen LogP contribution < -0.4 is 5.32 Å². The molecule has 0 fully saturated rings. The molecule has 0 aliphatic carbocycles.